The predicted octanol–water partition coefficient (Wildman–Crippen LogP) is 2.60. The van der Waals surface area contributed by atoms with Gasteiger partial charge in [0.05, 0.1) is 12.2 Å². The molecule has 5 rings (SSSR count). The summed E-state index contributed by atoms with van der Waals surface area (Å²) in [5.74, 6) is 1.98. The van der Waals surface area contributed by atoms with Gasteiger partial charge in [-0.15, -0.1) is 0 Å². The molecule has 1 amide bonds. The summed E-state index contributed by atoms with van der Waals surface area (Å²) in [6.45, 7) is 0.932. The van der Waals surface area contributed by atoms with Crippen molar-refractivity contribution in [3.8, 4) is 0 Å². The molecule has 4 fully saturated rings. The highest BCUT2D eigenvalue weighted by Gasteiger charge is 2.61. The minimum absolute atomic E-state index is 0.138. The minimum atomic E-state index is -0.362. The molecule has 5 heteroatoms. The molecule has 1 aromatic rings. The van der Waals surface area contributed by atoms with E-state index in [0.717, 1.165) is 30.7 Å². The molecule has 3 aliphatic carbocycles. The smallest absolute Gasteiger partial charge is 0.223 e. The Morgan fingerprint density at radius 1 is 1.15 bits per heavy atom. The standard InChI is InChI=1S/C21H26ClNO3/c22-14-3-1-13(2-4-14)21(9-19(25)23-10-15(24)11-23)6-5-16-17-7-12(20(16)26)8-18(17)21/h1-4,12,15-18,20,24,26H,5-11H2/t12?,16?,17?,18?,20-,21?/m1/s1. The first kappa shape index (κ1) is 17.0. The number of fused-ring (bicyclic) bond motifs is 1. The van der Waals surface area contributed by atoms with Crippen molar-refractivity contribution in [3.05, 3.63) is 34.9 Å². The first-order valence-corrected chi connectivity index (χ1v) is 10.3. The van der Waals surface area contributed by atoms with Crippen molar-refractivity contribution in [2.24, 2.45) is 23.7 Å². The molecule has 5 unspecified atom stereocenters. The van der Waals surface area contributed by atoms with E-state index in [-0.39, 0.29) is 23.5 Å². The maximum Gasteiger partial charge on any atom is 0.223 e. The summed E-state index contributed by atoms with van der Waals surface area (Å²) in [6.07, 6.45) is 4.10. The highest BCUT2D eigenvalue weighted by Crippen LogP contribution is 2.64. The predicted molar refractivity (Wildman–Crippen MR) is 98.8 cm³/mol. The zero-order valence-electron chi connectivity index (χ0n) is 14.9. The second-order valence-corrected chi connectivity index (χ2v) is 9.42. The van der Waals surface area contributed by atoms with E-state index in [2.05, 4.69) is 12.1 Å². The molecule has 4 aliphatic rings. The van der Waals surface area contributed by atoms with Gasteiger partial charge in [-0.1, -0.05) is 23.7 Å². The molecule has 4 nitrogen and oxygen atoms in total. The molecular formula is C21H26ClNO3. The third kappa shape index (κ3) is 2.38. The van der Waals surface area contributed by atoms with Gasteiger partial charge in [-0.3, -0.25) is 4.79 Å². The van der Waals surface area contributed by atoms with Gasteiger partial charge in [0.25, 0.3) is 0 Å². The Bertz CT molecular complexity index is 716. The zero-order chi connectivity index (χ0) is 18.1. The number of aliphatic hydroxyl groups is 2. The van der Waals surface area contributed by atoms with E-state index in [4.69, 9.17) is 11.6 Å². The molecule has 1 aliphatic heterocycles. The molecule has 0 spiro atoms. The van der Waals surface area contributed by atoms with E-state index in [1.165, 1.54) is 5.56 Å². The minimum Gasteiger partial charge on any atom is -0.393 e. The number of rotatable bonds is 3. The van der Waals surface area contributed by atoms with Gasteiger partial charge in [0.15, 0.2) is 0 Å². The van der Waals surface area contributed by atoms with E-state index in [9.17, 15) is 15.0 Å². The van der Waals surface area contributed by atoms with Gasteiger partial charge in [-0.25, -0.2) is 0 Å². The Balaban J connectivity index is 1.49. The second kappa shape index (κ2) is 5.95. The number of likely N-dealkylation sites (tertiary alicyclic amines) is 1. The number of carbonyl (C=O) groups excluding carboxylic acids is 1. The van der Waals surface area contributed by atoms with Crippen molar-refractivity contribution >= 4 is 17.5 Å². The van der Waals surface area contributed by atoms with Gasteiger partial charge >= 0.3 is 0 Å². The molecule has 1 aromatic carbocycles. The number of carbonyl (C=O) groups is 1. The van der Waals surface area contributed by atoms with Gasteiger partial charge in [0, 0.05) is 29.9 Å². The average Bonchev–Trinajstić information content (AvgIpc) is 3.17. The van der Waals surface area contributed by atoms with Crippen molar-refractivity contribution in [1.29, 1.82) is 0 Å². The van der Waals surface area contributed by atoms with E-state index in [1.807, 2.05) is 12.1 Å². The first-order chi connectivity index (χ1) is 12.5. The van der Waals surface area contributed by atoms with Gasteiger partial charge in [0.2, 0.25) is 5.91 Å². The van der Waals surface area contributed by atoms with Crippen LogP contribution >= 0.6 is 11.6 Å². The van der Waals surface area contributed by atoms with Gasteiger partial charge in [-0.2, -0.15) is 0 Å². The number of β-amino-alcohol motifs (C(OH)–C–C–N with tert-alkyl or cyclic N) is 1. The summed E-state index contributed by atoms with van der Waals surface area (Å²) < 4.78 is 0. The molecule has 6 atom stereocenters. The average molecular weight is 376 g/mol. The quantitative estimate of drug-likeness (QED) is 0.853. The summed E-state index contributed by atoms with van der Waals surface area (Å²) >= 11 is 6.12. The Morgan fingerprint density at radius 2 is 1.88 bits per heavy atom. The lowest BCUT2D eigenvalue weighted by Crippen LogP contribution is -2.56. The Kier molecular flexibility index (Phi) is 3.90. The molecule has 26 heavy (non-hydrogen) atoms. The maximum absolute atomic E-state index is 13.0. The number of benzene rings is 1. The Labute approximate surface area is 159 Å². The van der Waals surface area contributed by atoms with Crippen LogP contribution in [0.25, 0.3) is 0 Å². The van der Waals surface area contributed by atoms with E-state index in [1.54, 1.807) is 4.90 Å². The largest absolute Gasteiger partial charge is 0.393 e. The molecule has 3 saturated carbocycles. The number of halogens is 1. The third-order valence-corrected chi connectivity index (χ3v) is 8.11. The first-order valence-electron chi connectivity index (χ1n) is 9.88. The molecule has 0 radical (unpaired) electrons. The van der Waals surface area contributed by atoms with Crippen LogP contribution in [0.2, 0.25) is 5.02 Å². The zero-order valence-corrected chi connectivity index (χ0v) is 15.6. The Morgan fingerprint density at radius 3 is 2.54 bits per heavy atom. The van der Waals surface area contributed by atoms with Crippen LogP contribution in [-0.2, 0) is 10.2 Å². The van der Waals surface area contributed by atoms with E-state index >= 15 is 0 Å². The summed E-state index contributed by atoms with van der Waals surface area (Å²) in [6, 6.07) is 8.07. The van der Waals surface area contributed by atoms with Gasteiger partial charge < -0.3 is 15.1 Å². The van der Waals surface area contributed by atoms with Gasteiger partial charge in [0.1, 0.15) is 0 Å². The van der Waals surface area contributed by atoms with Crippen LogP contribution in [0, 0.1) is 23.7 Å². The number of hydrogen-bond donors (Lipinski definition) is 2. The van der Waals surface area contributed by atoms with Crippen LogP contribution in [0.1, 0.15) is 37.7 Å². The summed E-state index contributed by atoms with van der Waals surface area (Å²) in [4.78, 5) is 14.8. The number of nitrogens with zero attached hydrogens (tertiary/aromatic N) is 1. The lowest BCUT2D eigenvalue weighted by atomic mass is 9.53. The fourth-order valence-electron chi connectivity index (χ4n) is 6.60. The van der Waals surface area contributed by atoms with E-state index in [0.29, 0.717) is 43.2 Å². The lowest BCUT2D eigenvalue weighted by Gasteiger charge is -2.52. The van der Waals surface area contributed by atoms with Crippen LogP contribution in [-0.4, -0.2) is 46.3 Å². The molecule has 2 bridgehead atoms. The summed E-state index contributed by atoms with van der Waals surface area (Å²) in [7, 11) is 0. The molecule has 0 aromatic heterocycles. The third-order valence-electron chi connectivity index (χ3n) is 7.85. The highest BCUT2D eigenvalue weighted by atomic mass is 35.5. The molecule has 2 N–H and O–H groups in total. The fraction of sp³-hybridized carbons (Fsp3) is 0.667. The summed E-state index contributed by atoms with van der Waals surface area (Å²) in [5, 5.41) is 20.8. The van der Waals surface area contributed by atoms with Crippen LogP contribution in [0.5, 0.6) is 0 Å². The fourth-order valence-corrected chi connectivity index (χ4v) is 6.72. The van der Waals surface area contributed by atoms with Crippen molar-refractivity contribution in [2.45, 2.75) is 49.7 Å². The van der Waals surface area contributed by atoms with Crippen LogP contribution < -0.4 is 0 Å². The topological polar surface area (TPSA) is 60.8 Å². The monoisotopic (exact) mass is 375 g/mol. The highest BCUT2D eigenvalue weighted by molar-refractivity contribution is 6.30. The number of amides is 1. The molecule has 140 valence electrons. The van der Waals surface area contributed by atoms with Crippen molar-refractivity contribution in [2.75, 3.05) is 13.1 Å². The van der Waals surface area contributed by atoms with Crippen LogP contribution in [0.15, 0.2) is 24.3 Å². The van der Waals surface area contributed by atoms with E-state index < -0.39 is 0 Å². The van der Waals surface area contributed by atoms with Crippen LogP contribution in [0.4, 0.5) is 0 Å². The Hall–Kier alpha value is -1.10. The second-order valence-electron chi connectivity index (χ2n) is 8.99. The van der Waals surface area contributed by atoms with Crippen LogP contribution in [0.3, 0.4) is 0 Å². The normalized spacial score (nSPS) is 41.3. The molecular weight excluding hydrogens is 350 g/mol. The van der Waals surface area contributed by atoms with Gasteiger partial charge in [-0.05, 0) is 67.1 Å². The van der Waals surface area contributed by atoms with Crippen molar-refractivity contribution in [3.63, 3.8) is 0 Å². The lowest BCUT2D eigenvalue weighted by molar-refractivity contribution is -0.145. The number of hydrogen-bond acceptors (Lipinski definition) is 3. The van der Waals surface area contributed by atoms with Crippen molar-refractivity contribution in [1.82, 2.24) is 4.90 Å². The van der Waals surface area contributed by atoms with Crippen molar-refractivity contribution < 1.29 is 15.0 Å². The SMILES string of the molecule is O=C(CC1(c2ccc(Cl)cc2)CCC2C3CC(CC31)[C@H]2O)N1CC(O)C1. The maximum atomic E-state index is 13.0. The number of aliphatic hydroxyl groups excluding tert-OH is 2. The molecule has 1 heterocycles. The summed E-state index contributed by atoms with van der Waals surface area (Å²) in [5.41, 5.74) is 1.07. The molecule has 1 saturated heterocycles.